The fourth-order valence-electron chi connectivity index (χ4n) is 2.78. The molecule has 0 unspecified atom stereocenters. The minimum Gasteiger partial charge on any atom is -0.380 e. The summed E-state index contributed by atoms with van der Waals surface area (Å²) in [6, 6.07) is 14.0. The number of hydrogen-bond acceptors (Lipinski definition) is 5. The van der Waals surface area contributed by atoms with Gasteiger partial charge in [-0.2, -0.15) is 4.99 Å². The SMILES string of the molecule is CCOCCn1c(=NC(=O)CCS(=O)(=O)c2ccccc2)sc2cc(Br)ccc21. The number of carbonyl (C=O) groups is 1. The molecule has 0 saturated heterocycles. The van der Waals surface area contributed by atoms with Gasteiger partial charge in [-0.1, -0.05) is 45.5 Å². The van der Waals surface area contributed by atoms with E-state index in [1.807, 2.05) is 29.7 Å². The zero-order valence-electron chi connectivity index (χ0n) is 15.9. The van der Waals surface area contributed by atoms with Crippen molar-refractivity contribution in [2.75, 3.05) is 19.0 Å². The van der Waals surface area contributed by atoms with Gasteiger partial charge in [0.05, 0.1) is 27.5 Å². The number of amides is 1. The summed E-state index contributed by atoms with van der Waals surface area (Å²) in [5.74, 6) is -0.727. The molecule has 6 nitrogen and oxygen atoms in total. The summed E-state index contributed by atoms with van der Waals surface area (Å²) in [4.78, 5) is 17.4. The lowest BCUT2D eigenvalue weighted by atomic mass is 10.3. The summed E-state index contributed by atoms with van der Waals surface area (Å²) in [5, 5.41) is 0. The molecule has 0 atom stereocenters. The van der Waals surface area contributed by atoms with Gasteiger partial charge in [0.15, 0.2) is 14.6 Å². The third kappa shape index (κ3) is 5.63. The summed E-state index contributed by atoms with van der Waals surface area (Å²) in [7, 11) is -3.52. The van der Waals surface area contributed by atoms with Crippen LogP contribution < -0.4 is 4.80 Å². The van der Waals surface area contributed by atoms with Crippen molar-refractivity contribution >= 4 is 53.2 Å². The third-order valence-corrected chi connectivity index (χ3v) is 7.48. The number of thiazole rings is 1. The van der Waals surface area contributed by atoms with Crippen molar-refractivity contribution in [1.29, 1.82) is 0 Å². The van der Waals surface area contributed by atoms with Crippen LogP contribution in [0.4, 0.5) is 0 Å². The molecule has 0 aliphatic carbocycles. The van der Waals surface area contributed by atoms with Crippen LogP contribution in [0.2, 0.25) is 0 Å². The first-order valence-electron chi connectivity index (χ1n) is 9.12. The Hall–Kier alpha value is -1.81. The topological polar surface area (TPSA) is 77.7 Å². The van der Waals surface area contributed by atoms with Gasteiger partial charge in [0.25, 0.3) is 0 Å². The van der Waals surface area contributed by atoms with Crippen LogP contribution in [0.5, 0.6) is 0 Å². The van der Waals surface area contributed by atoms with Crippen molar-refractivity contribution in [3.63, 3.8) is 0 Å². The monoisotopic (exact) mass is 496 g/mol. The maximum atomic E-state index is 12.4. The second-order valence-corrected chi connectivity index (χ2v) is 10.3. The smallest absolute Gasteiger partial charge is 0.249 e. The van der Waals surface area contributed by atoms with E-state index in [2.05, 4.69) is 20.9 Å². The predicted molar refractivity (Wildman–Crippen MR) is 118 cm³/mol. The van der Waals surface area contributed by atoms with Crippen LogP contribution in [-0.2, 0) is 25.9 Å². The summed E-state index contributed by atoms with van der Waals surface area (Å²) < 4.78 is 34.1. The van der Waals surface area contributed by atoms with E-state index < -0.39 is 15.7 Å². The number of benzene rings is 2. The van der Waals surface area contributed by atoms with Gasteiger partial charge in [0.1, 0.15) is 0 Å². The van der Waals surface area contributed by atoms with Crippen molar-refractivity contribution in [1.82, 2.24) is 4.57 Å². The Balaban J connectivity index is 1.84. The maximum Gasteiger partial charge on any atom is 0.249 e. The van der Waals surface area contributed by atoms with E-state index in [-0.39, 0.29) is 17.1 Å². The lowest BCUT2D eigenvalue weighted by molar-refractivity contribution is -0.117. The molecule has 0 aliphatic rings. The van der Waals surface area contributed by atoms with Gasteiger partial charge >= 0.3 is 0 Å². The van der Waals surface area contributed by atoms with Crippen LogP contribution in [0.15, 0.2) is 62.9 Å². The quantitative estimate of drug-likeness (QED) is 0.444. The first-order chi connectivity index (χ1) is 13.9. The number of carbonyl (C=O) groups excluding carboxylic acids is 1. The molecular weight excluding hydrogens is 476 g/mol. The molecule has 0 saturated carbocycles. The number of hydrogen-bond donors (Lipinski definition) is 0. The Kier molecular flexibility index (Phi) is 7.39. The first-order valence-corrected chi connectivity index (χ1v) is 12.4. The van der Waals surface area contributed by atoms with E-state index >= 15 is 0 Å². The van der Waals surface area contributed by atoms with E-state index in [9.17, 15) is 13.2 Å². The molecule has 0 radical (unpaired) electrons. The highest BCUT2D eigenvalue weighted by molar-refractivity contribution is 9.10. The number of halogens is 1. The second-order valence-electron chi connectivity index (χ2n) is 6.23. The molecule has 1 heterocycles. The number of rotatable bonds is 8. The molecule has 3 rings (SSSR count). The van der Waals surface area contributed by atoms with Gasteiger partial charge in [-0.25, -0.2) is 8.42 Å². The molecule has 29 heavy (non-hydrogen) atoms. The fourth-order valence-corrected chi connectivity index (χ4v) is 5.65. The van der Waals surface area contributed by atoms with E-state index in [1.165, 1.54) is 23.5 Å². The number of sulfone groups is 1. The summed E-state index contributed by atoms with van der Waals surface area (Å²) >= 11 is 4.85. The Morgan fingerprint density at radius 2 is 1.97 bits per heavy atom. The zero-order chi connectivity index (χ0) is 20.9. The van der Waals surface area contributed by atoms with Crippen LogP contribution in [-0.4, -0.2) is 37.9 Å². The third-order valence-electron chi connectivity index (χ3n) is 4.22. The Morgan fingerprint density at radius 3 is 2.69 bits per heavy atom. The number of aromatic nitrogens is 1. The van der Waals surface area contributed by atoms with E-state index in [1.54, 1.807) is 18.2 Å². The van der Waals surface area contributed by atoms with Gasteiger partial charge in [-0.05, 0) is 37.3 Å². The van der Waals surface area contributed by atoms with Crippen LogP contribution >= 0.6 is 27.3 Å². The average Bonchev–Trinajstić information content (AvgIpc) is 3.03. The Bertz CT molecular complexity index is 1170. The Morgan fingerprint density at radius 1 is 1.21 bits per heavy atom. The standard InChI is InChI=1S/C20H21BrN2O4S2/c1-2-27-12-11-23-17-9-8-15(21)14-18(17)28-20(23)22-19(24)10-13-29(25,26)16-6-4-3-5-7-16/h3-9,14H,2,10-13H2,1H3. The van der Waals surface area contributed by atoms with Crippen LogP contribution in [0.3, 0.4) is 0 Å². The van der Waals surface area contributed by atoms with Crippen molar-refractivity contribution < 1.29 is 17.9 Å². The van der Waals surface area contributed by atoms with E-state index in [0.717, 1.165) is 14.7 Å². The first kappa shape index (κ1) is 21.9. The normalized spacial score (nSPS) is 12.6. The molecule has 0 bridgehead atoms. The van der Waals surface area contributed by atoms with Crippen molar-refractivity contribution in [2.24, 2.45) is 4.99 Å². The lowest BCUT2D eigenvalue weighted by Crippen LogP contribution is -2.20. The molecule has 0 N–H and O–H groups in total. The van der Waals surface area contributed by atoms with Crippen molar-refractivity contribution in [3.05, 3.63) is 57.8 Å². The second kappa shape index (κ2) is 9.80. The minimum atomic E-state index is -3.52. The minimum absolute atomic E-state index is 0.166. The summed E-state index contributed by atoms with van der Waals surface area (Å²) in [6.45, 7) is 3.60. The summed E-state index contributed by atoms with van der Waals surface area (Å²) in [5.41, 5.74) is 0.960. The largest absolute Gasteiger partial charge is 0.380 e. The van der Waals surface area contributed by atoms with Crippen LogP contribution in [0.1, 0.15) is 13.3 Å². The number of ether oxygens (including phenoxy) is 1. The molecular formula is C20H21BrN2O4S2. The summed E-state index contributed by atoms with van der Waals surface area (Å²) in [6.07, 6.45) is -0.166. The van der Waals surface area contributed by atoms with E-state index in [0.29, 0.717) is 24.6 Å². The number of nitrogens with zero attached hydrogens (tertiary/aromatic N) is 2. The molecule has 2 aromatic carbocycles. The Labute approximate surface area is 181 Å². The molecule has 154 valence electrons. The molecule has 0 fully saturated rings. The fraction of sp³-hybridized carbons (Fsp3) is 0.300. The van der Waals surface area contributed by atoms with Crippen LogP contribution in [0, 0.1) is 0 Å². The van der Waals surface area contributed by atoms with Gasteiger partial charge in [-0.3, -0.25) is 4.79 Å². The molecule has 1 amide bonds. The molecule has 0 spiro atoms. The van der Waals surface area contributed by atoms with Crippen LogP contribution in [0.25, 0.3) is 10.2 Å². The maximum absolute atomic E-state index is 12.4. The van der Waals surface area contributed by atoms with Gasteiger partial charge in [0, 0.05) is 24.0 Å². The zero-order valence-corrected chi connectivity index (χ0v) is 19.1. The molecule has 9 heteroatoms. The van der Waals surface area contributed by atoms with Gasteiger partial charge < -0.3 is 9.30 Å². The van der Waals surface area contributed by atoms with Crippen molar-refractivity contribution in [3.8, 4) is 0 Å². The van der Waals surface area contributed by atoms with E-state index in [4.69, 9.17) is 4.74 Å². The molecule has 0 aliphatic heterocycles. The lowest BCUT2D eigenvalue weighted by Gasteiger charge is -2.05. The average molecular weight is 497 g/mol. The predicted octanol–water partition coefficient (Wildman–Crippen LogP) is 3.79. The van der Waals surface area contributed by atoms with Gasteiger partial charge in [0.2, 0.25) is 5.91 Å². The molecule has 3 aromatic rings. The highest BCUT2D eigenvalue weighted by Gasteiger charge is 2.16. The number of fused-ring (bicyclic) bond motifs is 1. The molecule has 1 aromatic heterocycles. The van der Waals surface area contributed by atoms with Gasteiger partial charge in [-0.15, -0.1) is 0 Å². The highest BCUT2D eigenvalue weighted by Crippen LogP contribution is 2.22. The highest BCUT2D eigenvalue weighted by atomic mass is 79.9. The van der Waals surface area contributed by atoms with Crippen molar-refractivity contribution in [2.45, 2.75) is 24.8 Å².